The molecule has 0 aliphatic rings. The quantitative estimate of drug-likeness (QED) is 0.519. The van der Waals surface area contributed by atoms with E-state index in [2.05, 4.69) is 31.3 Å². The van der Waals surface area contributed by atoms with Crippen LogP contribution in [-0.4, -0.2) is 20.1 Å². The van der Waals surface area contributed by atoms with Gasteiger partial charge in [0.1, 0.15) is 0 Å². The SMILES string of the molecule is Cc1ccc(S(=O)(=O)CCC(=O)NC(c2ccc(C(C)C)cc2)c2cccs2)cc1. The summed E-state index contributed by atoms with van der Waals surface area (Å²) < 4.78 is 25.1. The molecule has 0 bridgehead atoms. The van der Waals surface area contributed by atoms with Gasteiger partial charge in [0, 0.05) is 11.3 Å². The van der Waals surface area contributed by atoms with Crippen LogP contribution in [0.1, 0.15) is 53.8 Å². The number of benzene rings is 2. The van der Waals surface area contributed by atoms with E-state index in [-0.39, 0.29) is 29.0 Å². The molecule has 0 saturated carbocycles. The molecular weight excluding hydrogens is 414 g/mol. The van der Waals surface area contributed by atoms with E-state index in [4.69, 9.17) is 0 Å². The highest BCUT2D eigenvalue weighted by Gasteiger charge is 2.21. The molecule has 0 aliphatic heterocycles. The molecule has 0 fully saturated rings. The number of hydrogen-bond acceptors (Lipinski definition) is 4. The van der Waals surface area contributed by atoms with Crippen molar-refractivity contribution >= 4 is 27.1 Å². The standard InChI is InChI=1S/C24H27NO3S2/c1-17(2)19-8-10-20(11-9-19)24(22-5-4-15-29-22)25-23(26)14-16-30(27,28)21-12-6-18(3)7-13-21/h4-13,15,17,24H,14,16H2,1-3H3,(H,25,26). The second-order valence-corrected chi connectivity index (χ2v) is 10.8. The molecule has 1 N–H and O–H groups in total. The first kappa shape index (κ1) is 22.2. The second-order valence-electron chi connectivity index (χ2n) is 7.72. The summed E-state index contributed by atoms with van der Waals surface area (Å²) in [6, 6.07) is 18.6. The smallest absolute Gasteiger partial charge is 0.221 e. The molecule has 1 aromatic heterocycles. The number of hydrogen-bond donors (Lipinski definition) is 1. The Morgan fingerprint density at radius 2 is 1.60 bits per heavy atom. The molecule has 158 valence electrons. The molecule has 4 nitrogen and oxygen atoms in total. The van der Waals surface area contributed by atoms with Gasteiger partial charge in [-0.15, -0.1) is 11.3 Å². The normalized spacial score (nSPS) is 12.7. The molecule has 0 saturated heterocycles. The number of aryl methyl sites for hydroxylation is 1. The Hall–Kier alpha value is -2.44. The van der Waals surface area contributed by atoms with Crippen LogP contribution < -0.4 is 5.32 Å². The van der Waals surface area contributed by atoms with Crippen molar-refractivity contribution in [2.75, 3.05) is 5.75 Å². The van der Waals surface area contributed by atoms with Gasteiger partial charge in [-0.25, -0.2) is 8.42 Å². The fraction of sp³-hybridized carbons (Fsp3) is 0.292. The van der Waals surface area contributed by atoms with Gasteiger partial charge in [-0.2, -0.15) is 0 Å². The lowest BCUT2D eigenvalue weighted by atomic mass is 9.98. The zero-order valence-corrected chi connectivity index (χ0v) is 19.1. The summed E-state index contributed by atoms with van der Waals surface area (Å²) >= 11 is 1.57. The van der Waals surface area contributed by atoms with Gasteiger partial charge in [0.25, 0.3) is 0 Å². The minimum absolute atomic E-state index is 0.0812. The van der Waals surface area contributed by atoms with Crippen LogP contribution >= 0.6 is 11.3 Å². The lowest BCUT2D eigenvalue weighted by Gasteiger charge is -2.19. The highest BCUT2D eigenvalue weighted by molar-refractivity contribution is 7.91. The van der Waals surface area contributed by atoms with E-state index in [1.54, 1.807) is 35.6 Å². The van der Waals surface area contributed by atoms with Crippen LogP contribution in [0, 0.1) is 6.92 Å². The maximum Gasteiger partial charge on any atom is 0.221 e. The molecular formula is C24H27NO3S2. The fourth-order valence-electron chi connectivity index (χ4n) is 3.17. The maximum atomic E-state index is 12.7. The molecule has 0 aliphatic carbocycles. The fourth-order valence-corrected chi connectivity index (χ4v) is 5.21. The van der Waals surface area contributed by atoms with E-state index in [9.17, 15) is 13.2 Å². The van der Waals surface area contributed by atoms with Gasteiger partial charge in [0.15, 0.2) is 9.84 Å². The van der Waals surface area contributed by atoms with Crippen LogP contribution in [0.2, 0.25) is 0 Å². The van der Waals surface area contributed by atoms with Crippen LogP contribution in [0.3, 0.4) is 0 Å². The first-order valence-electron chi connectivity index (χ1n) is 9.98. The topological polar surface area (TPSA) is 63.2 Å². The van der Waals surface area contributed by atoms with Crippen molar-refractivity contribution in [2.24, 2.45) is 0 Å². The Morgan fingerprint density at radius 3 is 2.17 bits per heavy atom. The van der Waals surface area contributed by atoms with E-state index in [0.717, 1.165) is 16.0 Å². The molecule has 0 spiro atoms. The zero-order chi connectivity index (χ0) is 21.7. The zero-order valence-electron chi connectivity index (χ0n) is 17.5. The Kier molecular flexibility index (Phi) is 7.10. The Bertz CT molecular complexity index is 1070. The van der Waals surface area contributed by atoms with E-state index in [1.807, 2.05) is 36.6 Å². The van der Waals surface area contributed by atoms with E-state index >= 15 is 0 Å². The monoisotopic (exact) mass is 441 g/mol. The van der Waals surface area contributed by atoms with Crippen molar-refractivity contribution in [1.29, 1.82) is 0 Å². The minimum atomic E-state index is -3.50. The summed E-state index contributed by atoms with van der Waals surface area (Å²) in [5, 5.41) is 5.00. The molecule has 3 rings (SSSR count). The van der Waals surface area contributed by atoms with E-state index in [0.29, 0.717) is 5.92 Å². The Morgan fingerprint density at radius 1 is 0.967 bits per heavy atom. The average molecular weight is 442 g/mol. The molecule has 1 amide bonds. The number of amides is 1. The van der Waals surface area contributed by atoms with Crippen molar-refractivity contribution in [3.05, 3.63) is 87.6 Å². The van der Waals surface area contributed by atoms with Crippen molar-refractivity contribution in [3.63, 3.8) is 0 Å². The van der Waals surface area contributed by atoms with E-state index < -0.39 is 9.84 Å². The van der Waals surface area contributed by atoms with Gasteiger partial charge < -0.3 is 5.32 Å². The number of rotatable bonds is 8. The highest BCUT2D eigenvalue weighted by Crippen LogP contribution is 2.27. The molecule has 2 aromatic carbocycles. The van der Waals surface area contributed by atoms with Crippen molar-refractivity contribution in [3.8, 4) is 0 Å². The third-order valence-corrected chi connectivity index (χ3v) is 7.72. The molecule has 1 heterocycles. The summed E-state index contributed by atoms with van der Waals surface area (Å²) in [6.07, 6.45) is -0.0812. The molecule has 1 unspecified atom stereocenters. The van der Waals surface area contributed by atoms with Gasteiger partial charge in [0.2, 0.25) is 5.91 Å². The minimum Gasteiger partial charge on any atom is -0.344 e. The number of sulfone groups is 1. The van der Waals surface area contributed by atoms with Crippen LogP contribution in [0.4, 0.5) is 0 Å². The van der Waals surface area contributed by atoms with Gasteiger partial charge in [-0.05, 0) is 47.5 Å². The molecule has 30 heavy (non-hydrogen) atoms. The third kappa shape index (κ3) is 5.58. The number of nitrogens with one attached hydrogen (secondary N) is 1. The van der Waals surface area contributed by atoms with Crippen molar-refractivity contribution < 1.29 is 13.2 Å². The van der Waals surface area contributed by atoms with Crippen LogP contribution in [-0.2, 0) is 14.6 Å². The van der Waals surface area contributed by atoms with Gasteiger partial charge in [-0.1, -0.05) is 61.9 Å². The summed E-state index contributed by atoms with van der Waals surface area (Å²) in [7, 11) is -3.50. The van der Waals surface area contributed by atoms with Gasteiger partial charge in [0.05, 0.1) is 16.7 Å². The van der Waals surface area contributed by atoms with Crippen molar-refractivity contribution in [1.82, 2.24) is 5.32 Å². The lowest BCUT2D eigenvalue weighted by molar-refractivity contribution is -0.121. The van der Waals surface area contributed by atoms with Crippen LogP contribution in [0.5, 0.6) is 0 Å². The molecule has 0 radical (unpaired) electrons. The van der Waals surface area contributed by atoms with Crippen LogP contribution in [0.15, 0.2) is 70.9 Å². The summed E-state index contributed by atoms with van der Waals surface area (Å²) in [5.74, 6) is -0.0662. The maximum absolute atomic E-state index is 12.7. The number of thiophene rings is 1. The summed E-state index contributed by atoms with van der Waals surface area (Å²) in [6.45, 7) is 6.19. The average Bonchev–Trinajstić information content (AvgIpc) is 3.25. The first-order chi connectivity index (χ1) is 14.3. The van der Waals surface area contributed by atoms with E-state index in [1.165, 1.54) is 5.56 Å². The first-order valence-corrected chi connectivity index (χ1v) is 12.5. The predicted octanol–water partition coefficient (Wildman–Crippen LogP) is 5.25. The molecule has 6 heteroatoms. The number of carbonyl (C=O) groups is 1. The predicted molar refractivity (Wildman–Crippen MR) is 123 cm³/mol. The van der Waals surface area contributed by atoms with Gasteiger partial charge in [-0.3, -0.25) is 4.79 Å². The third-order valence-electron chi connectivity index (χ3n) is 5.05. The van der Waals surface area contributed by atoms with Crippen molar-refractivity contribution in [2.45, 2.75) is 44.0 Å². The van der Waals surface area contributed by atoms with Gasteiger partial charge >= 0.3 is 0 Å². The Labute approximate surface area is 182 Å². The summed E-state index contributed by atoms with van der Waals surface area (Å²) in [5.41, 5.74) is 3.21. The van der Waals surface area contributed by atoms with Crippen LogP contribution in [0.25, 0.3) is 0 Å². The largest absolute Gasteiger partial charge is 0.344 e. The second kappa shape index (κ2) is 9.58. The summed E-state index contributed by atoms with van der Waals surface area (Å²) in [4.78, 5) is 13.9. The molecule has 1 atom stereocenters. The number of carbonyl (C=O) groups excluding carboxylic acids is 1. The Balaban J connectivity index is 1.71. The lowest BCUT2D eigenvalue weighted by Crippen LogP contribution is -2.30. The highest BCUT2D eigenvalue weighted by atomic mass is 32.2. The molecule has 3 aromatic rings.